The van der Waals surface area contributed by atoms with Crippen molar-refractivity contribution in [3.63, 3.8) is 0 Å². The van der Waals surface area contributed by atoms with Crippen LogP contribution in [0.4, 0.5) is 13.2 Å². The Morgan fingerprint density at radius 2 is 1.33 bits per heavy atom. The normalized spacial score (nSPS) is 11.6. The molecule has 0 radical (unpaired) electrons. The molecule has 0 atom stereocenters. The van der Waals surface area contributed by atoms with Crippen LogP contribution < -0.4 is 23.7 Å². The number of carbonyl (C=O) groups is 2. The number of methoxy groups -OCH3 is 1. The van der Waals surface area contributed by atoms with E-state index in [0.29, 0.717) is 60.8 Å². The molecule has 1 aromatic carbocycles. The van der Waals surface area contributed by atoms with Crippen LogP contribution in [0.15, 0.2) is 116 Å². The van der Waals surface area contributed by atoms with Crippen LogP contribution in [-0.2, 0) is 41.9 Å². The van der Waals surface area contributed by atoms with Crippen molar-refractivity contribution in [2.24, 2.45) is 0 Å². The number of halogens is 3. The molecule has 14 nitrogen and oxygen atoms in total. The Kier molecular flexibility index (Phi) is 20.9. The number of nitrogens with one attached hydrogen (secondary N) is 2. The Bertz CT molecular complexity index is 3380. The molecule has 0 saturated heterocycles. The third-order valence-electron chi connectivity index (χ3n) is 10.8. The van der Waals surface area contributed by atoms with Crippen molar-refractivity contribution in [1.29, 1.82) is 5.41 Å². The van der Waals surface area contributed by atoms with Crippen LogP contribution in [0.3, 0.4) is 0 Å². The van der Waals surface area contributed by atoms with Crippen LogP contribution in [0.1, 0.15) is 42.1 Å². The molecule has 0 fully saturated rings. The van der Waals surface area contributed by atoms with Crippen LogP contribution in [0.5, 0.6) is 28.7 Å². The molecule has 1 aliphatic heterocycles. The zero-order chi connectivity index (χ0) is 53.5. The number of hydrogen-bond donors (Lipinski definition) is 1. The number of fused-ring (bicyclic) bond motifs is 1. The number of nitrogens with zero attached hydrogens (tertiary/aromatic N) is 5. The fraction of sp³-hybridized carbons (Fsp3) is 0.185. The minimum absolute atomic E-state index is 0. The van der Waals surface area contributed by atoms with Gasteiger partial charge in [0.1, 0.15) is 36.2 Å². The van der Waals surface area contributed by atoms with Gasteiger partial charge in [-0.15, -0.1) is 39.7 Å². The first-order valence-corrected chi connectivity index (χ1v) is 25.7. The largest absolute Gasteiger partial charge is 2.00 e. The van der Waals surface area contributed by atoms with E-state index in [9.17, 15) is 22.8 Å². The van der Waals surface area contributed by atoms with E-state index in [0.717, 1.165) is 84.7 Å². The number of carbonyl (C=O) groups excluding carboxylic acids is 2. The SMILES string of the molecule is CCCc1cc(-c2ccnc(/C([NH-])=C/C(=N)C(F)(F)F)c2)c(CCC)s1.COc1ccc(-c2sc(-c3ccc(-c4ccnc(-c5cc(OC=O)cc(-c6cc(OC=O)ccn6)n5)c4)s3)c3c2OCCO3)cc1.[N-]=C=S.[Ru+2]. The van der Waals surface area contributed by atoms with Gasteiger partial charge >= 0.3 is 25.7 Å². The molecule has 8 heterocycles. The standard InChI is InChI=1S/C34H23N3O7S2.C19H21F3N3S.CNS.Ru/c1-40-22-4-2-20(3-5-22)33-31-32(42-13-12-41-31)34(46-33)30-7-6-29(45-30)21-8-10-35-25(14-21)27-16-24(44-19-39)17-28(37-27)26-15-23(43-18-38)9-11-36-26;1-3-5-13-10-14(17(26-13)6-4-2)12-7-8-25-16(9-12)15(23)11-18(24)19(20,21)22;2-1-3;/h2-11,14-19H,12-13H2,1H3;7-11,23-24H,3-6H2,1-2H3;;/q;2*-1;+2/b;15-11-,24-18?;;. The number of isothiocyanates is 1. The molecule has 0 bridgehead atoms. The number of thiophene rings is 3. The Labute approximate surface area is 465 Å². The topological polar surface area (TPSA) is 202 Å². The van der Waals surface area contributed by atoms with Crippen LogP contribution >= 0.6 is 46.2 Å². The minimum Gasteiger partial charge on any atom is -0.753 e. The molecular formula is C54H44F3N7O7RuS4. The number of hydrogen-bond acceptors (Lipinski definition) is 16. The van der Waals surface area contributed by atoms with Crippen molar-refractivity contribution in [3.05, 3.63) is 142 Å². The molecule has 2 N–H and O–H groups in total. The molecule has 76 heavy (non-hydrogen) atoms. The summed E-state index contributed by atoms with van der Waals surface area (Å²) in [6.07, 6.45) is 4.41. The number of benzene rings is 1. The predicted octanol–water partition coefficient (Wildman–Crippen LogP) is 14.5. The van der Waals surface area contributed by atoms with E-state index in [4.69, 9.17) is 45.2 Å². The number of aryl methyl sites for hydroxylation is 2. The third-order valence-corrected chi connectivity index (χ3v) is 14.6. The van der Waals surface area contributed by atoms with E-state index in [1.165, 1.54) is 27.3 Å². The van der Waals surface area contributed by atoms with Crippen molar-refractivity contribution in [3.8, 4) is 93.3 Å². The molecule has 1 aliphatic rings. The second-order valence-corrected chi connectivity index (χ2v) is 19.4. The van der Waals surface area contributed by atoms with Gasteiger partial charge in [-0.2, -0.15) is 18.3 Å². The number of alkyl halides is 3. The molecule has 390 valence electrons. The van der Waals surface area contributed by atoms with E-state index < -0.39 is 17.6 Å². The molecule has 9 rings (SSSR count). The van der Waals surface area contributed by atoms with Crippen molar-refractivity contribution in [1.82, 2.24) is 19.9 Å². The average Bonchev–Trinajstić information content (AvgIpc) is 4.19. The number of pyridine rings is 4. The maximum Gasteiger partial charge on any atom is 2.00 e. The quantitative estimate of drug-likeness (QED) is 0.0392. The van der Waals surface area contributed by atoms with Crippen LogP contribution in [-0.4, -0.2) is 70.3 Å². The van der Waals surface area contributed by atoms with Gasteiger partial charge in [0.2, 0.25) is 0 Å². The maximum absolute atomic E-state index is 12.5. The summed E-state index contributed by atoms with van der Waals surface area (Å²) in [6.45, 7) is 5.88. The molecule has 0 unspecified atom stereocenters. The van der Waals surface area contributed by atoms with E-state index in [1.807, 2.05) is 42.5 Å². The molecule has 0 saturated carbocycles. The van der Waals surface area contributed by atoms with Crippen LogP contribution in [0.2, 0.25) is 0 Å². The Hall–Kier alpha value is -7.32. The molecule has 0 aliphatic carbocycles. The molecule has 0 spiro atoms. The Morgan fingerprint density at radius 3 is 1.97 bits per heavy atom. The smallest absolute Gasteiger partial charge is 0.753 e. The number of ether oxygens (including phenoxy) is 5. The van der Waals surface area contributed by atoms with E-state index >= 15 is 0 Å². The van der Waals surface area contributed by atoms with Gasteiger partial charge < -0.3 is 34.8 Å². The molecule has 22 heteroatoms. The van der Waals surface area contributed by atoms with E-state index in [1.54, 1.807) is 77.6 Å². The Morgan fingerprint density at radius 1 is 0.737 bits per heavy atom. The summed E-state index contributed by atoms with van der Waals surface area (Å²) in [5.74, 6) is 2.87. The van der Waals surface area contributed by atoms with E-state index in [-0.39, 0.29) is 30.9 Å². The van der Waals surface area contributed by atoms with Gasteiger partial charge in [-0.25, -0.2) is 4.98 Å². The first kappa shape index (κ1) is 58.0. The molecular weight excluding hydrogens is 1140 g/mol. The fourth-order valence-corrected chi connectivity index (χ4v) is 11.2. The number of allylic oxidation sites excluding steroid dienone is 1. The molecule has 7 aromatic heterocycles. The number of rotatable bonds is 17. The Balaban J connectivity index is 0.000000266. The van der Waals surface area contributed by atoms with Crippen molar-refractivity contribution in [2.45, 2.75) is 45.7 Å². The van der Waals surface area contributed by atoms with Crippen molar-refractivity contribution >= 4 is 75.7 Å². The van der Waals surface area contributed by atoms with E-state index in [2.05, 4.69) is 59.2 Å². The second-order valence-electron chi connectivity index (χ2n) is 15.9. The van der Waals surface area contributed by atoms with Gasteiger partial charge in [0.15, 0.2) is 11.5 Å². The number of thiocarbonyl (C=S) groups is 1. The summed E-state index contributed by atoms with van der Waals surface area (Å²) < 4.78 is 65.2. The van der Waals surface area contributed by atoms with Crippen LogP contribution in [0.25, 0.3) is 81.4 Å². The van der Waals surface area contributed by atoms with Gasteiger partial charge in [0.05, 0.1) is 39.6 Å². The second kappa shape index (κ2) is 27.5. The fourth-order valence-electron chi connectivity index (χ4n) is 7.51. The zero-order valence-corrected chi connectivity index (χ0v) is 45.6. The maximum atomic E-state index is 12.5. The predicted molar refractivity (Wildman–Crippen MR) is 291 cm³/mol. The van der Waals surface area contributed by atoms with Gasteiger partial charge in [-0.05, 0) is 114 Å². The monoisotopic (exact) mass is 1190 g/mol. The third kappa shape index (κ3) is 14.5. The zero-order valence-electron chi connectivity index (χ0n) is 40.6. The van der Waals surface area contributed by atoms with Gasteiger partial charge in [-0.1, -0.05) is 38.9 Å². The first-order valence-electron chi connectivity index (χ1n) is 22.8. The molecule has 0 amide bonds. The summed E-state index contributed by atoms with van der Waals surface area (Å²) in [5, 5.41) is 15.5. The summed E-state index contributed by atoms with van der Waals surface area (Å²) >= 11 is 8.73. The van der Waals surface area contributed by atoms with Gasteiger partial charge in [0, 0.05) is 62.0 Å². The average molecular weight is 1190 g/mol. The number of aromatic nitrogens is 4. The summed E-state index contributed by atoms with van der Waals surface area (Å²) in [5.41, 5.74) is 11.7. The molecule has 8 aromatic rings. The summed E-state index contributed by atoms with van der Waals surface area (Å²) in [6, 6.07) is 27.8. The first-order chi connectivity index (χ1) is 36.3. The van der Waals surface area contributed by atoms with Crippen molar-refractivity contribution in [2.75, 3.05) is 20.3 Å². The van der Waals surface area contributed by atoms with Gasteiger partial charge in [-0.3, -0.25) is 30.0 Å². The van der Waals surface area contributed by atoms with Gasteiger partial charge in [0.25, 0.3) is 12.9 Å². The minimum atomic E-state index is -4.76. The van der Waals surface area contributed by atoms with Crippen molar-refractivity contribution < 1.29 is 65.9 Å². The summed E-state index contributed by atoms with van der Waals surface area (Å²) in [7, 11) is 1.65. The van der Waals surface area contributed by atoms with Crippen LogP contribution in [0, 0.1) is 5.41 Å². The summed E-state index contributed by atoms with van der Waals surface area (Å²) in [4.78, 5) is 46.3.